The lowest BCUT2D eigenvalue weighted by Crippen LogP contribution is -2.04. The average molecular weight is 1260 g/mol. The van der Waals surface area contributed by atoms with Gasteiger partial charge in [0.05, 0.1) is 40.1 Å². The zero-order valence-electron chi connectivity index (χ0n) is 52.5. The summed E-state index contributed by atoms with van der Waals surface area (Å²) in [6.45, 7) is 8.31. The Morgan fingerprint density at radius 1 is 0.289 bits per heavy atom. The molecule has 460 valence electrons. The number of aryl methyl sites for hydroxylation is 2. The van der Waals surface area contributed by atoms with Crippen molar-refractivity contribution in [3.8, 4) is 34.5 Å². The first-order valence-corrected chi connectivity index (χ1v) is 33.2. The van der Waals surface area contributed by atoms with Gasteiger partial charge in [-0.3, -0.25) is 0 Å². The highest BCUT2D eigenvalue weighted by molar-refractivity contribution is 9.10. The number of hydrogen-bond acceptors (Lipinski definition) is 6. The van der Waals surface area contributed by atoms with Gasteiger partial charge >= 0.3 is 0 Å². The van der Waals surface area contributed by atoms with Crippen molar-refractivity contribution in [3.63, 3.8) is 0 Å². The van der Waals surface area contributed by atoms with Crippen LogP contribution in [0.25, 0.3) is 0 Å². The van der Waals surface area contributed by atoms with Gasteiger partial charge in [0.25, 0.3) is 0 Å². The lowest BCUT2D eigenvalue weighted by atomic mass is 9.89. The Kier molecular flexibility index (Phi) is 22.6. The SMILES string of the molecule is Brc1cccc([C@H]2CCOc3ccccc3C2)c1.COc1cccc([C@H]2CCOc3ccccc3C2)c1.Cc1ccc([C@H]2CCOc3ccccc3C2)cc1.Cc1cccc([C@H]2CCOc3ccccc3C2)c1.c1ccc([C@H]2CCOc3ccccc3C2)cc1. The van der Waals surface area contributed by atoms with Crippen LogP contribution < -0.4 is 28.4 Å². The van der Waals surface area contributed by atoms with Crippen molar-refractivity contribution in [2.75, 3.05) is 40.1 Å². The maximum absolute atomic E-state index is 5.83. The van der Waals surface area contributed by atoms with E-state index in [0.717, 1.165) is 136 Å². The van der Waals surface area contributed by atoms with Crippen LogP contribution in [0.1, 0.15) is 128 Å². The van der Waals surface area contributed by atoms with Crippen LogP contribution in [0.15, 0.2) is 253 Å². The normalized spacial score (nSPS) is 18.6. The summed E-state index contributed by atoms with van der Waals surface area (Å²) in [4.78, 5) is 0. The van der Waals surface area contributed by atoms with E-state index in [1.807, 2.05) is 36.4 Å². The molecule has 5 heterocycles. The molecule has 10 aromatic carbocycles. The fraction of sp³-hybridized carbons (Fsp3) is 0.277. The molecule has 10 aromatic rings. The second-order valence-corrected chi connectivity index (χ2v) is 25.2. The third kappa shape index (κ3) is 17.7. The second kappa shape index (κ2) is 32.3. The molecule has 0 radical (unpaired) electrons. The van der Waals surface area contributed by atoms with E-state index in [2.05, 4.69) is 242 Å². The van der Waals surface area contributed by atoms with E-state index < -0.39 is 0 Å². The minimum atomic E-state index is 0.499. The Morgan fingerprint density at radius 2 is 0.600 bits per heavy atom. The molecule has 5 aliphatic heterocycles. The van der Waals surface area contributed by atoms with E-state index in [9.17, 15) is 0 Å². The molecule has 0 saturated carbocycles. The summed E-state index contributed by atoms with van der Waals surface area (Å²) < 4.78 is 35.6. The highest BCUT2D eigenvalue weighted by atomic mass is 79.9. The summed E-state index contributed by atoms with van der Waals surface area (Å²) in [6.07, 6.45) is 10.7. The highest BCUT2D eigenvalue weighted by Crippen LogP contribution is 2.38. The van der Waals surface area contributed by atoms with Gasteiger partial charge in [-0.25, -0.2) is 0 Å². The summed E-state index contributed by atoms with van der Waals surface area (Å²) >= 11 is 3.55. The predicted molar refractivity (Wildman–Crippen MR) is 371 cm³/mol. The minimum absolute atomic E-state index is 0.499. The minimum Gasteiger partial charge on any atom is -0.497 e. The maximum atomic E-state index is 5.83. The van der Waals surface area contributed by atoms with Gasteiger partial charge < -0.3 is 28.4 Å². The fourth-order valence-electron chi connectivity index (χ4n) is 13.0. The highest BCUT2D eigenvalue weighted by Gasteiger charge is 2.24. The number of fused-ring (bicyclic) bond motifs is 5. The van der Waals surface area contributed by atoms with Crippen LogP contribution in [0.4, 0.5) is 0 Å². The van der Waals surface area contributed by atoms with Crippen LogP contribution in [0.2, 0.25) is 0 Å². The first-order chi connectivity index (χ1) is 44.3. The van der Waals surface area contributed by atoms with Gasteiger partial charge in [-0.15, -0.1) is 0 Å². The molecular formula is C83H85BrO6. The van der Waals surface area contributed by atoms with Gasteiger partial charge in [0, 0.05) is 4.47 Å². The Hall–Kier alpha value is -8.52. The van der Waals surface area contributed by atoms with Crippen LogP contribution in [0, 0.1) is 13.8 Å². The quantitative estimate of drug-likeness (QED) is 0.165. The molecule has 0 saturated heterocycles. The molecule has 5 atom stereocenters. The molecule has 0 spiro atoms. The fourth-order valence-corrected chi connectivity index (χ4v) is 13.4. The van der Waals surface area contributed by atoms with Gasteiger partial charge in [-0.2, -0.15) is 0 Å². The molecule has 0 N–H and O–H groups in total. The first kappa shape index (κ1) is 63.1. The number of hydrogen-bond donors (Lipinski definition) is 0. The summed E-state index contributed by atoms with van der Waals surface area (Å²) in [7, 11) is 1.71. The van der Waals surface area contributed by atoms with E-state index in [1.165, 1.54) is 66.8 Å². The molecule has 90 heavy (non-hydrogen) atoms. The summed E-state index contributed by atoms with van der Waals surface area (Å²) in [6, 6.07) is 87.4. The van der Waals surface area contributed by atoms with Crippen molar-refractivity contribution in [2.45, 2.75) is 108 Å². The molecule has 0 bridgehead atoms. The van der Waals surface area contributed by atoms with Crippen molar-refractivity contribution in [1.82, 2.24) is 0 Å². The molecule has 7 heteroatoms. The molecular weight excluding hydrogens is 1170 g/mol. The van der Waals surface area contributed by atoms with E-state index in [4.69, 9.17) is 28.4 Å². The van der Waals surface area contributed by atoms with Crippen LogP contribution in [0.5, 0.6) is 34.5 Å². The third-order valence-electron chi connectivity index (χ3n) is 18.0. The summed E-state index contributed by atoms with van der Waals surface area (Å²) in [5, 5.41) is 0. The molecule has 0 unspecified atom stereocenters. The average Bonchev–Trinajstić information content (AvgIpc) is 3.97. The third-order valence-corrected chi connectivity index (χ3v) is 18.5. The number of rotatable bonds is 6. The smallest absolute Gasteiger partial charge is 0.122 e. The van der Waals surface area contributed by atoms with Crippen molar-refractivity contribution >= 4 is 15.9 Å². The number of benzene rings is 10. The number of ether oxygens (including phenoxy) is 6. The number of para-hydroxylation sites is 5. The maximum Gasteiger partial charge on any atom is 0.122 e. The van der Waals surface area contributed by atoms with Gasteiger partial charge in [-0.05, 0) is 218 Å². The standard InChI is InChI=1S/C17H18O2.2C17H18O.C16H15BrO.C16H16O/c1-18-16-7-4-6-13(12-16)14-9-10-19-17-8-3-2-5-15(17)11-14;1-13-5-4-7-14(11-13)15-9-10-18-17-8-3-2-6-16(17)12-15;1-13-6-8-14(9-7-13)15-10-11-18-17-5-3-2-4-16(17)12-15;17-15-6-3-5-12(11-15)13-8-9-18-16-7-2-1-4-14(16)10-13;1-2-6-13(7-3-1)14-10-11-17-16-9-5-4-8-15(16)12-14/h2-8,12,14H,9-11H2,1H3;2-8,11,15H,9-10,12H2,1H3;2-9,15H,10-12H2,1H3;1-7,11,13H,8-10H2;1-9,14H,10-12H2/t14-;2*15-;13-;14-/m00000/s1. The molecule has 6 nitrogen and oxygen atoms in total. The van der Waals surface area contributed by atoms with Crippen molar-refractivity contribution < 1.29 is 28.4 Å². The van der Waals surface area contributed by atoms with Gasteiger partial charge in [0.15, 0.2) is 0 Å². The molecule has 15 rings (SSSR count). The topological polar surface area (TPSA) is 55.4 Å². The molecule has 0 amide bonds. The lowest BCUT2D eigenvalue weighted by molar-refractivity contribution is 0.309. The Morgan fingerprint density at radius 3 is 0.978 bits per heavy atom. The van der Waals surface area contributed by atoms with Crippen molar-refractivity contribution in [3.05, 3.63) is 320 Å². The Bertz CT molecular complexity index is 3740. The van der Waals surface area contributed by atoms with Crippen LogP contribution in [0.3, 0.4) is 0 Å². The Labute approximate surface area is 543 Å². The van der Waals surface area contributed by atoms with Crippen LogP contribution in [-0.2, 0) is 32.1 Å². The number of methoxy groups -OCH3 is 1. The number of halogens is 1. The molecule has 0 aromatic heterocycles. The van der Waals surface area contributed by atoms with Crippen molar-refractivity contribution in [2.24, 2.45) is 0 Å². The molecule has 0 aliphatic carbocycles. The molecule has 0 fully saturated rings. The predicted octanol–water partition coefficient (Wildman–Crippen LogP) is 20.4. The lowest BCUT2D eigenvalue weighted by Gasteiger charge is -2.15. The van der Waals surface area contributed by atoms with Crippen molar-refractivity contribution in [1.29, 1.82) is 0 Å². The van der Waals surface area contributed by atoms with Gasteiger partial charge in [-0.1, -0.05) is 221 Å². The van der Waals surface area contributed by atoms with E-state index in [1.54, 1.807) is 7.11 Å². The summed E-state index contributed by atoms with van der Waals surface area (Å²) in [5.41, 5.74) is 16.3. The zero-order valence-corrected chi connectivity index (χ0v) is 54.1. The largest absolute Gasteiger partial charge is 0.497 e. The van der Waals surface area contributed by atoms with Crippen LogP contribution >= 0.6 is 15.9 Å². The zero-order chi connectivity index (χ0) is 61.7. The first-order valence-electron chi connectivity index (χ1n) is 32.4. The monoisotopic (exact) mass is 1260 g/mol. The van der Waals surface area contributed by atoms with Gasteiger partial charge in [0.1, 0.15) is 34.5 Å². The molecule has 5 aliphatic rings. The van der Waals surface area contributed by atoms with E-state index in [0.29, 0.717) is 29.6 Å². The second-order valence-electron chi connectivity index (χ2n) is 24.3. The van der Waals surface area contributed by atoms with E-state index in [-0.39, 0.29) is 0 Å². The van der Waals surface area contributed by atoms with E-state index >= 15 is 0 Å². The summed E-state index contributed by atoms with van der Waals surface area (Å²) in [5.74, 6) is 8.98. The van der Waals surface area contributed by atoms with Gasteiger partial charge in [0.2, 0.25) is 0 Å². The van der Waals surface area contributed by atoms with Crippen LogP contribution in [-0.4, -0.2) is 40.1 Å². The Balaban J connectivity index is 0.000000116.